The summed E-state index contributed by atoms with van der Waals surface area (Å²) in [5.74, 6) is -2.54. The van der Waals surface area contributed by atoms with E-state index in [1.807, 2.05) is 66.0 Å². The minimum absolute atomic E-state index is 0.0575. The van der Waals surface area contributed by atoms with Gasteiger partial charge in [0, 0.05) is 16.0 Å². The fourth-order valence-electron chi connectivity index (χ4n) is 4.22. The van der Waals surface area contributed by atoms with Crippen LogP contribution in [0.5, 0.6) is 0 Å². The van der Waals surface area contributed by atoms with Crippen LogP contribution in [0.25, 0.3) is 11.0 Å². The fourth-order valence-corrected chi connectivity index (χ4v) is 6.91. The molecular formula is C26H17N3O4S3. The molecule has 5 aromatic rings. The Hall–Kier alpha value is -3.60. The molecule has 2 aromatic carbocycles. The van der Waals surface area contributed by atoms with E-state index in [0.29, 0.717) is 20.8 Å². The maximum absolute atomic E-state index is 13.6. The highest BCUT2D eigenvalue weighted by Crippen LogP contribution is 2.44. The summed E-state index contributed by atoms with van der Waals surface area (Å²) >= 11 is 4.12. The molecule has 7 nitrogen and oxygen atoms in total. The number of fused-ring (bicyclic) bond motifs is 1. The van der Waals surface area contributed by atoms with Gasteiger partial charge in [0.2, 0.25) is 16.7 Å². The molecule has 2 atom stereocenters. The van der Waals surface area contributed by atoms with Crippen molar-refractivity contribution in [1.29, 1.82) is 0 Å². The van der Waals surface area contributed by atoms with Crippen LogP contribution in [0, 0.1) is 5.92 Å². The third-order valence-corrected chi connectivity index (χ3v) is 8.97. The van der Waals surface area contributed by atoms with Gasteiger partial charge in [0.05, 0.1) is 6.04 Å². The van der Waals surface area contributed by atoms with Crippen molar-refractivity contribution in [2.45, 2.75) is 16.1 Å². The Morgan fingerprint density at radius 3 is 2.58 bits per heavy atom. The zero-order valence-corrected chi connectivity index (χ0v) is 21.0. The number of thiophene rings is 1. The number of hydrogen-bond donors (Lipinski definition) is 0. The van der Waals surface area contributed by atoms with Crippen molar-refractivity contribution in [3.05, 3.63) is 94.4 Å². The fraction of sp³-hybridized carbons (Fsp3) is 0.115. The lowest BCUT2D eigenvalue weighted by molar-refractivity contribution is -0.135. The second-order valence-electron chi connectivity index (χ2n) is 8.11. The molecule has 36 heavy (non-hydrogen) atoms. The summed E-state index contributed by atoms with van der Waals surface area (Å²) in [6.07, 6.45) is 0. The first kappa shape index (κ1) is 22.8. The molecule has 0 saturated carbocycles. The smallest absolute Gasteiger partial charge is 0.297 e. The van der Waals surface area contributed by atoms with E-state index in [-0.39, 0.29) is 5.76 Å². The molecule has 0 aliphatic carbocycles. The van der Waals surface area contributed by atoms with Crippen molar-refractivity contribution in [2.75, 3.05) is 4.90 Å². The normalized spacial score (nSPS) is 17.8. The second-order valence-corrected chi connectivity index (χ2v) is 11.3. The molecule has 178 valence electrons. The lowest BCUT2D eigenvalue weighted by Crippen LogP contribution is -2.30. The SMILES string of the molecule is O=C1C(=O)N(c2nnc(SCc3ccccc3)s2)C(c2cccs2)C1C(=O)c1cc2ccccc2o1. The number of amides is 1. The summed E-state index contributed by atoms with van der Waals surface area (Å²) in [6.45, 7) is 0. The first-order valence-electron chi connectivity index (χ1n) is 11.0. The number of rotatable bonds is 7. The van der Waals surface area contributed by atoms with E-state index in [9.17, 15) is 14.4 Å². The van der Waals surface area contributed by atoms with E-state index >= 15 is 0 Å². The third-order valence-electron chi connectivity index (χ3n) is 5.90. The van der Waals surface area contributed by atoms with Crippen molar-refractivity contribution < 1.29 is 18.8 Å². The summed E-state index contributed by atoms with van der Waals surface area (Å²) in [4.78, 5) is 42.1. The summed E-state index contributed by atoms with van der Waals surface area (Å²) in [6, 6.07) is 21.6. The van der Waals surface area contributed by atoms with Gasteiger partial charge in [-0.1, -0.05) is 77.7 Å². The van der Waals surface area contributed by atoms with Gasteiger partial charge in [-0.2, -0.15) is 0 Å². The van der Waals surface area contributed by atoms with Crippen LogP contribution in [0.2, 0.25) is 0 Å². The molecular weight excluding hydrogens is 515 g/mol. The second kappa shape index (κ2) is 9.45. The van der Waals surface area contributed by atoms with Crippen molar-refractivity contribution >= 4 is 68.0 Å². The molecule has 0 spiro atoms. The maximum Gasteiger partial charge on any atom is 0.297 e. The Morgan fingerprint density at radius 1 is 1.00 bits per heavy atom. The number of nitrogens with zero attached hydrogens (tertiary/aromatic N) is 3. The van der Waals surface area contributed by atoms with Crippen molar-refractivity contribution in [1.82, 2.24) is 10.2 Å². The molecule has 2 unspecified atom stereocenters. The van der Waals surface area contributed by atoms with Gasteiger partial charge in [-0.05, 0) is 29.1 Å². The van der Waals surface area contributed by atoms with Gasteiger partial charge in [0.1, 0.15) is 11.5 Å². The highest BCUT2D eigenvalue weighted by atomic mass is 32.2. The minimum atomic E-state index is -1.24. The van der Waals surface area contributed by atoms with Gasteiger partial charge in [0.25, 0.3) is 5.91 Å². The number of thioether (sulfide) groups is 1. The van der Waals surface area contributed by atoms with E-state index in [1.165, 1.54) is 39.3 Å². The molecule has 4 heterocycles. The third kappa shape index (κ3) is 4.06. The number of ketones is 2. The number of Topliss-reactive ketones (excluding diaryl/α,β-unsaturated/α-hetero) is 2. The molecule has 1 saturated heterocycles. The van der Waals surface area contributed by atoms with Gasteiger partial charge >= 0.3 is 0 Å². The Kier molecular flexibility index (Phi) is 6.00. The Morgan fingerprint density at radius 2 is 1.81 bits per heavy atom. The molecule has 0 N–H and O–H groups in total. The number of furan rings is 1. The van der Waals surface area contributed by atoms with E-state index in [0.717, 1.165) is 15.8 Å². The van der Waals surface area contributed by atoms with Gasteiger partial charge < -0.3 is 4.42 Å². The molecule has 1 fully saturated rings. The molecule has 1 aliphatic heterocycles. The van der Waals surface area contributed by atoms with Crippen LogP contribution in [0.15, 0.2) is 86.9 Å². The lowest BCUT2D eigenvalue weighted by Gasteiger charge is -2.22. The van der Waals surface area contributed by atoms with Crippen LogP contribution in [0.3, 0.4) is 0 Å². The number of para-hydroxylation sites is 1. The first-order chi connectivity index (χ1) is 17.6. The van der Waals surface area contributed by atoms with Crippen LogP contribution >= 0.6 is 34.4 Å². The largest absolute Gasteiger partial charge is 0.453 e. The highest BCUT2D eigenvalue weighted by Gasteiger charge is 2.54. The average Bonchev–Trinajstić information content (AvgIpc) is 3.70. The van der Waals surface area contributed by atoms with Crippen LogP contribution in [0.4, 0.5) is 5.13 Å². The minimum Gasteiger partial charge on any atom is -0.453 e. The molecule has 6 rings (SSSR count). The summed E-state index contributed by atoms with van der Waals surface area (Å²) < 4.78 is 6.43. The number of carbonyl (C=O) groups excluding carboxylic acids is 3. The van der Waals surface area contributed by atoms with Crippen molar-refractivity contribution in [2.24, 2.45) is 5.92 Å². The number of anilines is 1. The van der Waals surface area contributed by atoms with E-state index < -0.39 is 29.4 Å². The number of hydrogen-bond acceptors (Lipinski definition) is 9. The van der Waals surface area contributed by atoms with Crippen molar-refractivity contribution in [3.8, 4) is 0 Å². The Labute approximate surface area is 217 Å². The van der Waals surface area contributed by atoms with E-state index in [4.69, 9.17) is 4.42 Å². The van der Waals surface area contributed by atoms with Gasteiger partial charge in [-0.25, -0.2) is 0 Å². The van der Waals surface area contributed by atoms with E-state index in [2.05, 4.69) is 10.2 Å². The average molecular weight is 532 g/mol. The van der Waals surface area contributed by atoms with Crippen LogP contribution in [-0.4, -0.2) is 27.7 Å². The maximum atomic E-state index is 13.6. The number of carbonyl (C=O) groups is 3. The zero-order valence-electron chi connectivity index (χ0n) is 18.6. The van der Waals surface area contributed by atoms with Crippen molar-refractivity contribution in [3.63, 3.8) is 0 Å². The summed E-state index contributed by atoms with van der Waals surface area (Å²) in [7, 11) is 0. The standard InChI is InChI=1S/C26H17N3O4S3/c30-22(18-13-16-9-4-5-10-17(16)33-18)20-21(19-11-6-12-34-19)29(24(32)23(20)31)25-27-28-26(36-25)35-14-15-7-2-1-3-8-15/h1-13,20-21H,14H2. The molecule has 1 aliphatic rings. The molecule has 0 bridgehead atoms. The number of aromatic nitrogens is 2. The molecule has 1 amide bonds. The predicted molar refractivity (Wildman–Crippen MR) is 139 cm³/mol. The lowest BCUT2D eigenvalue weighted by atomic mass is 9.92. The van der Waals surface area contributed by atoms with Gasteiger partial charge in [0.15, 0.2) is 10.1 Å². The Balaban J connectivity index is 1.33. The molecule has 0 radical (unpaired) electrons. The first-order valence-corrected chi connectivity index (χ1v) is 13.7. The molecule has 10 heteroatoms. The predicted octanol–water partition coefficient (Wildman–Crippen LogP) is 5.79. The summed E-state index contributed by atoms with van der Waals surface area (Å²) in [5, 5.41) is 11.4. The topological polar surface area (TPSA) is 93.4 Å². The van der Waals surface area contributed by atoms with Crippen LogP contribution in [0.1, 0.15) is 27.0 Å². The highest BCUT2D eigenvalue weighted by molar-refractivity contribution is 8.00. The van der Waals surface area contributed by atoms with Crippen LogP contribution in [-0.2, 0) is 15.3 Å². The monoisotopic (exact) mass is 531 g/mol. The zero-order chi connectivity index (χ0) is 24.6. The van der Waals surface area contributed by atoms with E-state index in [1.54, 1.807) is 12.1 Å². The van der Waals surface area contributed by atoms with Gasteiger partial charge in [-0.15, -0.1) is 21.5 Å². The van der Waals surface area contributed by atoms with Crippen LogP contribution < -0.4 is 4.90 Å². The summed E-state index contributed by atoms with van der Waals surface area (Å²) in [5.41, 5.74) is 1.69. The molecule has 3 aromatic heterocycles. The van der Waals surface area contributed by atoms with Gasteiger partial charge in [-0.3, -0.25) is 19.3 Å². The number of benzene rings is 2. The Bertz CT molecular complexity index is 1540. The quantitative estimate of drug-likeness (QED) is 0.0862.